The average Bonchev–Trinajstić information content (AvgIpc) is 2.76. The van der Waals surface area contributed by atoms with Gasteiger partial charge in [-0.1, -0.05) is 12.2 Å². The Labute approximate surface area is 110 Å². The van der Waals surface area contributed by atoms with Crippen molar-refractivity contribution < 1.29 is 4.42 Å². The molecule has 3 N–H and O–H groups in total. The maximum absolute atomic E-state index is 5.62. The molecule has 0 aliphatic rings. The van der Waals surface area contributed by atoms with Crippen LogP contribution < -0.4 is 11.1 Å². The number of hydrogen-bond acceptors (Lipinski definition) is 6. The summed E-state index contributed by atoms with van der Waals surface area (Å²) < 4.78 is 5.43. The van der Waals surface area contributed by atoms with Crippen LogP contribution in [0.2, 0.25) is 0 Å². The normalized spacial score (nSPS) is 12.1. The van der Waals surface area contributed by atoms with Crippen LogP contribution in [0.4, 0.5) is 5.82 Å². The van der Waals surface area contributed by atoms with Gasteiger partial charge in [-0.15, -0.1) is 5.10 Å². The van der Waals surface area contributed by atoms with Gasteiger partial charge in [0.15, 0.2) is 5.82 Å². The molecule has 94 valence electrons. The van der Waals surface area contributed by atoms with E-state index in [2.05, 4.69) is 20.5 Å². The fourth-order valence-electron chi connectivity index (χ4n) is 1.48. The van der Waals surface area contributed by atoms with Gasteiger partial charge in [-0.25, -0.2) is 4.98 Å². The van der Waals surface area contributed by atoms with E-state index in [0.29, 0.717) is 17.3 Å². The highest BCUT2D eigenvalue weighted by Gasteiger charge is 2.15. The Kier molecular flexibility index (Phi) is 3.52. The first-order chi connectivity index (χ1) is 8.58. The number of aromatic nitrogens is 3. The smallest absolute Gasteiger partial charge is 0.216 e. The summed E-state index contributed by atoms with van der Waals surface area (Å²) in [6, 6.07) is 1.56. The first-order valence-corrected chi connectivity index (χ1v) is 5.79. The Morgan fingerprint density at radius 3 is 2.94 bits per heavy atom. The van der Waals surface area contributed by atoms with Crippen LogP contribution in [0.1, 0.15) is 30.2 Å². The van der Waals surface area contributed by atoms with Crippen molar-refractivity contribution in [3.63, 3.8) is 0 Å². The van der Waals surface area contributed by atoms with E-state index in [0.717, 1.165) is 5.76 Å². The fraction of sp³-hybridized carbons (Fsp3) is 0.273. The molecule has 0 aliphatic carbocycles. The summed E-state index contributed by atoms with van der Waals surface area (Å²) in [7, 11) is 0. The Balaban J connectivity index is 2.21. The third-order valence-corrected chi connectivity index (χ3v) is 2.57. The van der Waals surface area contributed by atoms with E-state index < -0.39 is 0 Å². The van der Waals surface area contributed by atoms with Gasteiger partial charge in [0.05, 0.1) is 18.0 Å². The molecule has 0 saturated heterocycles. The van der Waals surface area contributed by atoms with Crippen LogP contribution in [0, 0.1) is 6.92 Å². The summed E-state index contributed by atoms with van der Waals surface area (Å²) >= 11 is 4.95. The second-order valence-corrected chi connectivity index (χ2v) is 4.27. The predicted molar refractivity (Wildman–Crippen MR) is 71.2 cm³/mol. The molecule has 0 aromatic carbocycles. The molecule has 0 bridgehead atoms. The van der Waals surface area contributed by atoms with Crippen molar-refractivity contribution in [3.8, 4) is 0 Å². The molecule has 0 spiro atoms. The number of nitrogens with two attached hydrogens (primary N) is 1. The SMILES string of the molecule is Cc1cnc(C(C)Nc2nnccc2C(N)=S)o1. The van der Waals surface area contributed by atoms with Crippen LogP contribution in [0.3, 0.4) is 0 Å². The summed E-state index contributed by atoms with van der Waals surface area (Å²) in [6.45, 7) is 3.75. The topological polar surface area (TPSA) is 89.9 Å². The number of thiocarbonyl (C=S) groups is 1. The number of hydrogen-bond donors (Lipinski definition) is 2. The summed E-state index contributed by atoms with van der Waals surface area (Å²) in [5, 5.41) is 10.9. The summed E-state index contributed by atoms with van der Waals surface area (Å²) in [4.78, 5) is 4.41. The van der Waals surface area contributed by atoms with E-state index in [-0.39, 0.29) is 11.0 Å². The zero-order chi connectivity index (χ0) is 13.1. The highest BCUT2D eigenvalue weighted by Crippen LogP contribution is 2.19. The predicted octanol–water partition coefficient (Wildman–Crippen LogP) is 1.58. The van der Waals surface area contributed by atoms with Crippen molar-refractivity contribution in [1.29, 1.82) is 0 Å². The van der Waals surface area contributed by atoms with Gasteiger partial charge in [-0.05, 0) is 19.9 Å². The zero-order valence-electron chi connectivity index (χ0n) is 10.0. The Morgan fingerprint density at radius 1 is 1.56 bits per heavy atom. The number of nitrogens with one attached hydrogen (secondary N) is 1. The lowest BCUT2D eigenvalue weighted by Crippen LogP contribution is -2.17. The van der Waals surface area contributed by atoms with Gasteiger partial charge < -0.3 is 15.5 Å². The second kappa shape index (κ2) is 5.09. The van der Waals surface area contributed by atoms with Crippen LogP contribution in [0.15, 0.2) is 22.9 Å². The molecule has 2 heterocycles. The minimum absolute atomic E-state index is 0.150. The van der Waals surface area contributed by atoms with E-state index in [1.807, 2.05) is 13.8 Å². The molecule has 2 rings (SSSR count). The Bertz CT molecular complexity index is 568. The molecule has 18 heavy (non-hydrogen) atoms. The molecule has 0 fully saturated rings. The molecule has 0 saturated carbocycles. The van der Waals surface area contributed by atoms with Crippen LogP contribution in [-0.4, -0.2) is 20.2 Å². The molecule has 2 aromatic heterocycles. The van der Waals surface area contributed by atoms with E-state index >= 15 is 0 Å². The van der Waals surface area contributed by atoms with Crippen LogP contribution in [0.5, 0.6) is 0 Å². The molecule has 2 aromatic rings. The summed E-state index contributed by atoms with van der Waals surface area (Å²) in [5.41, 5.74) is 6.27. The average molecular weight is 263 g/mol. The standard InChI is InChI=1S/C11H13N5OS/c1-6-5-13-11(17-6)7(2)15-10-8(9(12)18)3-4-14-16-10/h3-5,7H,1-2H3,(H2,12,18)(H,15,16). The molecule has 0 aliphatic heterocycles. The van der Waals surface area contributed by atoms with E-state index in [1.165, 1.54) is 0 Å². The van der Waals surface area contributed by atoms with Crippen molar-refractivity contribution in [2.24, 2.45) is 5.73 Å². The molecule has 7 heteroatoms. The second-order valence-electron chi connectivity index (χ2n) is 3.83. The molecule has 1 atom stereocenters. The van der Waals surface area contributed by atoms with Gasteiger partial charge in [0.1, 0.15) is 16.8 Å². The minimum atomic E-state index is -0.150. The fourth-order valence-corrected chi connectivity index (χ4v) is 1.64. The summed E-state index contributed by atoms with van der Waals surface area (Å²) in [5.74, 6) is 1.85. The lowest BCUT2D eigenvalue weighted by atomic mass is 10.2. The maximum Gasteiger partial charge on any atom is 0.216 e. The van der Waals surface area contributed by atoms with Crippen LogP contribution in [0.25, 0.3) is 0 Å². The van der Waals surface area contributed by atoms with Crippen molar-refractivity contribution in [1.82, 2.24) is 15.2 Å². The van der Waals surface area contributed by atoms with Gasteiger partial charge in [0, 0.05) is 0 Å². The van der Waals surface area contributed by atoms with Crippen molar-refractivity contribution in [2.45, 2.75) is 19.9 Å². The number of nitrogens with zero attached hydrogens (tertiary/aromatic N) is 3. The number of anilines is 1. The van der Waals surface area contributed by atoms with Gasteiger partial charge in [0.25, 0.3) is 0 Å². The van der Waals surface area contributed by atoms with Crippen LogP contribution in [-0.2, 0) is 0 Å². The first kappa shape index (κ1) is 12.4. The van der Waals surface area contributed by atoms with Gasteiger partial charge in [0.2, 0.25) is 5.89 Å². The quantitative estimate of drug-likeness (QED) is 0.809. The van der Waals surface area contributed by atoms with E-state index in [1.54, 1.807) is 18.5 Å². The maximum atomic E-state index is 5.62. The summed E-state index contributed by atoms with van der Waals surface area (Å²) in [6.07, 6.45) is 3.21. The van der Waals surface area contributed by atoms with E-state index in [9.17, 15) is 0 Å². The van der Waals surface area contributed by atoms with Gasteiger partial charge in [-0.3, -0.25) is 0 Å². The number of oxazole rings is 1. The van der Waals surface area contributed by atoms with Crippen molar-refractivity contribution >= 4 is 23.0 Å². The molecular weight excluding hydrogens is 250 g/mol. The Hall–Kier alpha value is -2.02. The molecule has 1 unspecified atom stereocenters. The third-order valence-electron chi connectivity index (χ3n) is 2.35. The lowest BCUT2D eigenvalue weighted by Gasteiger charge is -2.13. The third kappa shape index (κ3) is 2.62. The monoisotopic (exact) mass is 263 g/mol. The highest BCUT2D eigenvalue weighted by molar-refractivity contribution is 7.80. The Morgan fingerprint density at radius 2 is 2.33 bits per heavy atom. The lowest BCUT2D eigenvalue weighted by molar-refractivity contribution is 0.453. The minimum Gasteiger partial charge on any atom is -0.444 e. The molecular formula is C11H13N5OS. The van der Waals surface area contributed by atoms with Crippen LogP contribution >= 0.6 is 12.2 Å². The number of aryl methyl sites for hydroxylation is 1. The zero-order valence-corrected chi connectivity index (χ0v) is 10.9. The molecule has 6 nitrogen and oxygen atoms in total. The first-order valence-electron chi connectivity index (χ1n) is 5.38. The largest absolute Gasteiger partial charge is 0.444 e. The van der Waals surface area contributed by atoms with Crippen molar-refractivity contribution in [2.75, 3.05) is 5.32 Å². The van der Waals surface area contributed by atoms with Gasteiger partial charge >= 0.3 is 0 Å². The number of rotatable bonds is 4. The van der Waals surface area contributed by atoms with E-state index in [4.69, 9.17) is 22.4 Å². The molecule has 0 amide bonds. The molecule has 0 radical (unpaired) electrons. The van der Waals surface area contributed by atoms with Crippen molar-refractivity contribution in [3.05, 3.63) is 35.7 Å². The van der Waals surface area contributed by atoms with Gasteiger partial charge in [-0.2, -0.15) is 5.10 Å². The highest BCUT2D eigenvalue weighted by atomic mass is 32.1.